The Morgan fingerprint density at radius 3 is 2.74 bits per heavy atom. The average molecular weight is 398 g/mol. The molecule has 1 amide bonds. The summed E-state index contributed by atoms with van der Waals surface area (Å²) in [4.78, 5) is 12.1. The van der Waals surface area contributed by atoms with Crippen LogP contribution < -0.4 is 5.32 Å². The number of halogens is 4. The van der Waals surface area contributed by atoms with Crippen molar-refractivity contribution in [2.75, 3.05) is 5.32 Å². The molecule has 6 nitrogen and oxygen atoms in total. The molecule has 3 aromatic rings. The molecule has 142 valence electrons. The number of aryl methyl sites for hydroxylation is 1. The van der Waals surface area contributed by atoms with Gasteiger partial charge in [0, 0.05) is 17.3 Å². The van der Waals surface area contributed by atoms with Crippen LogP contribution in [0, 0.1) is 12.7 Å². The fourth-order valence-corrected chi connectivity index (χ4v) is 2.75. The zero-order valence-electron chi connectivity index (χ0n) is 14.2. The predicted octanol–water partition coefficient (Wildman–Crippen LogP) is 3.81. The topological polar surface area (TPSA) is 64.7 Å². The van der Waals surface area contributed by atoms with Crippen molar-refractivity contribution >= 4 is 23.3 Å². The lowest BCUT2D eigenvalue weighted by Gasteiger charge is -2.07. The van der Waals surface area contributed by atoms with Gasteiger partial charge >= 0.3 is 0 Å². The van der Waals surface area contributed by atoms with Crippen LogP contribution in [0.15, 0.2) is 36.5 Å². The number of carbonyl (C=O) groups is 1. The van der Waals surface area contributed by atoms with Crippen molar-refractivity contribution in [1.82, 2.24) is 19.6 Å². The van der Waals surface area contributed by atoms with E-state index in [1.807, 2.05) is 0 Å². The summed E-state index contributed by atoms with van der Waals surface area (Å²) in [5.74, 6) is -0.722. The number of anilines is 1. The van der Waals surface area contributed by atoms with Crippen molar-refractivity contribution in [2.45, 2.75) is 26.4 Å². The van der Waals surface area contributed by atoms with E-state index in [2.05, 4.69) is 15.5 Å². The molecule has 10 heteroatoms. The largest absolute Gasteiger partial charge is 0.308 e. The van der Waals surface area contributed by atoms with E-state index in [0.29, 0.717) is 11.3 Å². The second-order valence-corrected chi connectivity index (χ2v) is 6.26. The maximum absolute atomic E-state index is 13.1. The Kier molecular flexibility index (Phi) is 5.50. The number of rotatable bonds is 6. The summed E-state index contributed by atoms with van der Waals surface area (Å²) in [6.07, 6.45) is -1.11. The third-order valence-corrected chi connectivity index (χ3v) is 4.06. The van der Waals surface area contributed by atoms with Gasteiger partial charge in [-0.25, -0.2) is 13.2 Å². The number of hydrogen-bond acceptors (Lipinski definition) is 3. The highest BCUT2D eigenvalue weighted by molar-refractivity contribution is 6.31. The van der Waals surface area contributed by atoms with Crippen LogP contribution in [0.4, 0.5) is 19.0 Å². The standard InChI is InChI=1S/C17H15ClF3N5O/c1-10-6-14(17(20)21)26(23-10)9-16(27)22-15-4-5-25(24-15)8-11-2-3-12(19)7-13(11)18/h2-7,17H,8-9H2,1H3,(H,22,24,27). The van der Waals surface area contributed by atoms with E-state index in [0.717, 1.165) is 4.68 Å². The van der Waals surface area contributed by atoms with Gasteiger partial charge in [-0.15, -0.1) is 0 Å². The number of alkyl halides is 2. The highest BCUT2D eigenvalue weighted by Gasteiger charge is 2.17. The van der Waals surface area contributed by atoms with Gasteiger partial charge in [-0.1, -0.05) is 17.7 Å². The van der Waals surface area contributed by atoms with Crippen molar-refractivity contribution in [1.29, 1.82) is 0 Å². The van der Waals surface area contributed by atoms with Crippen LogP contribution in [0.25, 0.3) is 0 Å². The minimum Gasteiger partial charge on any atom is -0.308 e. The Hall–Kier alpha value is -2.81. The molecule has 0 saturated heterocycles. The van der Waals surface area contributed by atoms with E-state index in [-0.39, 0.29) is 29.6 Å². The van der Waals surface area contributed by atoms with Crippen LogP contribution in [0.2, 0.25) is 5.02 Å². The molecule has 3 rings (SSSR count). The monoisotopic (exact) mass is 397 g/mol. The Bertz CT molecular complexity index is 969. The maximum Gasteiger partial charge on any atom is 0.280 e. The minimum absolute atomic E-state index is 0.251. The lowest BCUT2D eigenvalue weighted by molar-refractivity contribution is -0.117. The summed E-state index contributed by atoms with van der Waals surface area (Å²) in [5, 5.41) is 10.9. The fourth-order valence-electron chi connectivity index (χ4n) is 2.53. The van der Waals surface area contributed by atoms with Crippen LogP contribution in [0.1, 0.15) is 23.4 Å². The van der Waals surface area contributed by atoms with Gasteiger partial charge < -0.3 is 5.32 Å². The molecular formula is C17H15ClF3N5O. The zero-order chi connectivity index (χ0) is 19.6. The summed E-state index contributed by atoms with van der Waals surface area (Å²) in [6, 6.07) is 6.83. The first-order chi connectivity index (χ1) is 12.8. The van der Waals surface area contributed by atoms with Gasteiger partial charge in [-0.2, -0.15) is 10.2 Å². The average Bonchev–Trinajstić information content (AvgIpc) is 3.16. The van der Waals surface area contributed by atoms with E-state index in [1.165, 1.54) is 22.9 Å². The van der Waals surface area contributed by atoms with Crippen LogP contribution in [-0.2, 0) is 17.9 Å². The van der Waals surface area contributed by atoms with Gasteiger partial charge in [-0.3, -0.25) is 14.2 Å². The van der Waals surface area contributed by atoms with Gasteiger partial charge in [-0.05, 0) is 30.7 Å². The van der Waals surface area contributed by atoms with Crippen molar-refractivity contribution in [3.63, 3.8) is 0 Å². The van der Waals surface area contributed by atoms with Crippen molar-refractivity contribution in [2.24, 2.45) is 0 Å². The Morgan fingerprint density at radius 2 is 2.04 bits per heavy atom. The van der Waals surface area contributed by atoms with Gasteiger partial charge in [0.05, 0.1) is 12.2 Å². The molecule has 0 radical (unpaired) electrons. The van der Waals surface area contributed by atoms with Crippen molar-refractivity contribution in [3.8, 4) is 0 Å². The Morgan fingerprint density at radius 1 is 1.26 bits per heavy atom. The first-order valence-corrected chi connectivity index (χ1v) is 8.29. The SMILES string of the molecule is Cc1cc(C(F)F)n(CC(=O)Nc2ccn(Cc3ccc(F)cc3Cl)n2)n1. The molecule has 27 heavy (non-hydrogen) atoms. The molecule has 0 saturated carbocycles. The molecule has 1 aromatic carbocycles. The molecule has 2 heterocycles. The molecule has 2 aromatic heterocycles. The van der Waals surface area contributed by atoms with Crippen LogP contribution in [0.3, 0.4) is 0 Å². The normalized spacial score (nSPS) is 11.2. The molecule has 0 bridgehead atoms. The van der Waals surface area contributed by atoms with E-state index >= 15 is 0 Å². The van der Waals surface area contributed by atoms with E-state index in [1.54, 1.807) is 25.3 Å². The number of nitrogens with one attached hydrogen (secondary N) is 1. The minimum atomic E-state index is -2.72. The van der Waals surface area contributed by atoms with Gasteiger partial charge in [0.25, 0.3) is 6.43 Å². The summed E-state index contributed by atoms with van der Waals surface area (Å²) in [6.45, 7) is 1.50. The predicted molar refractivity (Wildman–Crippen MR) is 93.3 cm³/mol. The fraction of sp³-hybridized carbons (Fsp3) is 0.235. The van der Waals surface area contributed by atoms with E-state index in [4.69, 9.17) is 11.6 Å². The summed E-state index contributed by atoms with van der Waals surface area (Å²) >= 11 is 5.98. The summed E-state index contributed by atoms with van der Waals surface area (Å²) in [5.41, 5.74) is 0.741. The maximum atomic E-state index is 13.1. The molecular weight excluding hydrogens is 383 g/mol. The van der Waals surface area contributed by atoms with E-state index in [9.17, 15) is 18.0 Å². The third kappa shape index (κ3) is 4.68. The number of aromatic nitrogens is 4. The number of benzene rings is 1. The second-order valence-electron chi connectivity index (χ2n) is 5.85. The number of hydrogen-bond donors (Lipinski definition) is 1. The Balaban J connectivity index is 1.64. The first-order valence-electron chi connectivity index (χ1n) is 7.91. The van der Waals surface area contributed by atoms with E-state index < -0.39 is 18.1 Å². The highest BCUT2D eigenvalue weighted by atomic mass is 35.5. The molecule has 1 N–H and O–H groups in total. The Labute approximate surface area is 157 Å². The highest BCUT2D eigenvalue weighted by Crippen LogP contribution is 2.20. The quantitative estimate of drug-likeness (QED) is 0.688. The van der Waals surface area contributed by atoms with Gasteiger partial charge in [0.1, 0.15) is 18.1 Å². The molecule has 0 atom stereocenters. The zero-order valence-corrected chi connectivity index (χ0v) is 14.9. The number of nitrogens with zero attached hydrogens (tertiary/aromatic N) is 4. The summed E-state index contributed by atoms with van der Waals surface area (Å²) in [7, 11) is 0. The van der Waals surface area contributed by atoms with Crippen molar-refractivity contribution in [3.05, 3.63) is 64.3 Å². The van der Waals surface area contributed by atoms with Gasteiger partial charge in [0.2, 0.25) is 5.91 Å². The van der Waals surface area contributed by atoms with Crippen LogP contribution in [0.5, 0.6) is 0 Å². The molecule has 0 unspecified atom stereocenters. The number of carbonyl (C=O) groups excluding carboxylic acids is 1. The summed E-state index contributed by atoms with van der Waals surface area (Å²) < 4.78 is 41.4. The molecule has 0 aliphatic heterocycles. The lowest BCUT2D eigenvalue weighted by atomic mass is 10.2. The first kappa shape index (κ1) is 19.0. The molecule has 0 fully saturated rings. The van der Waals surface area contributed by atoms with Crippen molar-refractivity contribution < 1.29 is 18.0 Å². The van der Waals surface area contributed by atoms with Gasteiger partial charge in [0.15, 0.2) is 5.82 Å². The third-order valence-electron chi connectivity index (χ3n) is 3.71. The smallest absolute Gasteiger partial charge is 0.280 e. The second kappa shape index (κ2) is 7.83. The lowest BCUT2D eigenvalue weighted by Crippen LogP contribution is -2.21. The molecule has 0 aliphatic rings. The molecule has 0 aliphatic carbocycles. The molecule has 0 spiro atoms. The van der Waals surface area contributed by atoms with Crippen LogP contribution >= 0.6 is 11.6 Å². The number of amides is 1. The van der Waals surface area contributed by atoms with Crippen LogP contribution in [-0.4, -0.2) is 25.5 Å².